The van der Waals surface area contributed by atoms with Crippen LogP contribution in [0.25, 0.3) is 0 Å². The number of rotatable bonds is 9. The van der Waals surface area contributed by atoms with Crippen LogP contribution < -0.4 is 9.47 Å². The molecule has 10 heteroatoms. The lowest BCUT2D eigenvalue weighted by Gasteiger charge is -2.35. The summed E-state index contributed by atoms with van der Waals surface area (Å²) in [6.07, 6.45) is 9.42. The van der Waals surface area contributed by atoms with E-state index in [2.05, 4.69) is 11.8 Å². The lowest BCUT2D eigenvalue weighted by molar-refractivity contribution is -0.159. The van der Waals surface area contributed by atoms with E-state index in [4.69, 9.17) is 29.3 Å². The van der Waals surface area contributed by atoms with Gasteiger partial charge in [-0.25, -0.2) is 9.59 Å². The Morgan fingerprint density at radius 2 is 1.82 bits per heavy atom. The van der Waals surface area contributed by atoms with Crippen molar-refractivity contribution >= 4 is 23.8 Å². The monoisotopic (exact) mass is 532 g/mol. The van der Waals surface area contributed by atoms with Gasteiger partial charge >= 0.3 is 11.9 Å². The predicted molar refractivity (Wildman–Crippen MR) is 139 cm³/mol. The fraction of sp³-hybridized carbons (Fsp3) is 0.643. The highest BCUT2D eigenvalue weighted by Crippen LogP contribution is 2.45. The number of imide groups is 1. The summed E-state index contributed by atoms with van der Waals surface area (Å²) in [5, 5.41) is 14.8. The maximum absolute atomic E-state index is 13.0. The molecule has 2 fully saturated rings. The van der Waals surface area contributed by atoms with Crippen LogP contribution in [0.15, 0.2) is 18.2 Å². The summed E-state index contributed by atoms with van der Waals surface area (Å²) in [6.45, 7) is 5.43. The number of amides is 2. The minimum absolute atomic E-state index is 0.0479. The van der Waals surface area contributed by atoms with Crippen molar-refractivity contribution in [2.75, 3.05) is 33.4 Å². The van der Waals surface area contributed by atoms with Crippen LogP contribution in [0.4, 0.5) is 0 Å². The van der Waals surface area contributed by atoms with E-state index in [0.717, 1.165) is 81.5 Å². The average Bonchev–Trinajstić information content (AvgIpc) is 3.13. The first kappa shape index (κ1) is 29.4. The first-order valence-electron chi connectivity index (χ1n) is 13.6. The number of carboxylic acid groups (broad SMARTS) is 2. The van der Waals surface area contributed by atoms with Gasteiger partial charge in [0, 0.05) is 24.6 Å². The molecular formula is C28H40N2O8. The van der Waals surface area contributed by atoms with Gasteiger partial charge in [0.1, 0.15) is 18.1 Å². The highest BCUT2D eigenvalue weighted by atomic mass is 16.5. The fourth-order valence-corrected chi connectivity index (χ4v) is 5.84. The molecule has 0 bridgehead atoms. The molecule has 2 aliphatic heterocycles. The van der Waals surface area contributed by atoms with Gasteiger partial charge in [-0.05, 0) is 63.7 Å². The third-order valence-electron chi connectivity index (χ3n) is 7.77. The van der Waals surface area contributed by atoms with Crippen molar-refractivity contribution in [2.45, 2.75) is 77.2 Å². The quantitative estimate of drug-likeness (QED) is 0.279. The third kappa shape index (κ3) is 7.03. The maximum atomic E-state index is 13.0. The van der Waals surface area contributed by atoms with Gasteiger partial charge in [-0.1, -0.05) is 32.3 Å². The topological polar surface area (TPSA) is 134 Å². The molecule has 0 radical (unpaired) electrons. The van der Waals surface area contributed by atoms with E-state index in [0.29, 0.717) is 25.6 Å². The van der Waals surface area contributed by atoms with E-state index in [1.807, 2.05) is 18.2 Å². The number of fused-ring (bicyclic) bond motifs is 1. The lowest BCUT2D eigenvalue weighted by Crippen LogP contribution is -2.44. The van der Waals surface area contributed by atoms with Gasteiger partial charge in [-0.15, -0.1) is 0 Å². The predicted octanol–water partition coefficient (Wildman–Crippen LogP) is 3.36. The Morgan fingerprint density at radius 3 is 2.45 bits per heavy atom. The van der Waals surface area contributed by atoms with Crippen molar-refractivity contribution in [3.63, 3.8) is 0 Å². The molecule has 210 valence electrons. The van der Waals surface area contributed by atoms with Crippen LogP contribution in [0, 0.1) is 5.41 Å². The molecule has 2 amide bonds. The Bertz CT molecular complexity index is 978. The van der Waals surface area contributed by atoms with Gasteiger partial charge in [0.15, 0.2) is 0 Å². The molecule has 10 nitrogen and oxygen atoms in total. The number of aliphatic carboxylic acids is 2. The zero-order chi connectivity index (χ0) is 27.7. The fourth-order valence-electron chi connectivity index (χ4n) is 5.84. The number of unbranched alkanes of at least 4 members (excludes halogenated alkanes) is 1. The Morgan fingerprint density at radius 1 is 1.11 bits per heavy atom. The second kappa shape index (κ2) is 13.6. The number of carboxylic acids is 2. The number of carbonyl (C=O) groups is 4. The maximum Gasteiger partial charge on any atom is 0.414 e. The SMILES string of the molecule is CCCN(CCCCN1C(=O)CC2(CCCCC2)C1=O)C1COc2cccc(OC)c2C1.O=C(O)C(=O)O. The van der Waals surface area contributed by atoms with Crippen LogP contribution >= 0.6 is 0 Å². The van der Waals surface area contributed by atoms with Crippen LogP contribution in [-0.2, 0) is 25.6 Å². The summed E-state index contributed by atoms with van der Waals surface area (Å²) in [6, 6.07) is 6.30. The summed E-state index contributed by atoms with van der Waals surface area (Å²) < 4.78 is 11.6. The van der Waals surface area contributed by atoms with Gasteiger partial charge < -0.3 is 19.7 Å². The standard InChI is InChI=1S/C26H38N2O4.C2H2O4/c1-3-14-27(20-17-21-22(31-2)10-9-11-23(21)32-19-20)15-7-8-16-28-24(29)18-26(25(28)30)12-5-4-6-13-26;3-1(4)2(5)6/h9-11,20H,3-8,12-19H2,1-2H3;(H,3,4)(H,5,6). The van der Waals surface area contributed by atoms with E-state index in [1.165, 1.54) is 6.42 Å². The minimum Gasteiger partial charge on any atom is -0.496 e. The van der Waals surface area contributed by atoms with Gasteiger partial charge in [0.25, 0.3) is 0 Å². The van der Waals surface area contributed by atoms with Gasteiger partial charge in [-0.2, -0.15) is 0 Å². The molecule has 1 spiro atoms. The Labute approximate surface area is 223 Å². The van der Waals surface area contributed by atoms with Crippen molar-refractivity contribution in [2.24, 2.45) is 5.41 Å². The zero-order valence-electron chi connectivity index (χ0n) is 22.4. The molecule has 2 heterocycles. The molecule has 1 unspecified atom stereocenters. The molecule has 1 aromatic rings. The summed E-state index contributed by atoms with van der Waals surface area (Å²) in [5.74, 6) is -1.67. The van der Waals surface area contributed by atoms with Crippen molar-refractivity contribution in [1.82, 2.24) is 9.80 Å². The van der Waals surface area contributed by atoms with Gasteiger partial charge in [0.05, 0.1) is 12.5 Å². The molecule has 1 aromatic carbocycles. The lowest BCUT2D eigenvalue weighted by atomic mass is 9.73. The number of carbonyl (C=O) groups excluding carboxylic acids is 2. The molecule has 1 saturated heterocycles. The summed E-state index contributed by atoms with van der Waals surface area (Å²) in [5.41, 5.74) is 0.786. The summed E-state index contributed by atoms with van der Waals surface area (Å²) in [4.78, 5) is 47.9. The molecule has 3 aliphatic rings. The van der Waals surface area contributed by atoms with Crippen LogP contribution in [0.3, 0.4) is 0 Å². The molecule has 4 rings (SSSR count). The van der Waals surface area contributed by atoms with Gasteiger partial charge in [0.2, 0.25) is 11.8 Å². The molecule has 1 atom stereocenters. The van der Waals surface area contributed by atoms with E-state index in [9.17, 15) is 9.59 Å². The normalized spacial score (nSPS) is 20.0. The highest BCUT2D eigenvalue weighted by molar-refractivity contribution is 6.27. The number of hydrogen-bond donors (Lipinski definition) is 2. The number of benzene rings is 1. The molecule has 2 N–H and O–H groups in total. The minimum atomic E-state index is -1.82. The van der Waals surface area contributed by atoms with Crippen molar-refractivity contribution < 1.29 is 38.9 Å². The molecule has 38 heavy (non-hydrogen) atoms. The Balaban J connectivity index is 0.000000599. The van der Waals surface area contributed by atoms with Crippen LogP contribution in [0.2, 0.25) is 0 Å². The van der Waals surface area contributed by atoms with Crippen LogP contribution in [0.1, 0.15) is 70.3 Å². The van der Waals surface area contributed by atoms with Crippen molar-refractivity contribution in [1.29, 1.82) is 0 Å². The third-order valence-corrected chi connectivity index (χ3v) is 7.77. The number of nitrogens with zero attached hydrogens (tertiary/aromatic N) is 2. The second-order valence-electron chi connectivity index (χ2n) is 10.3. The summed E-state index contributed by atoms with van der Waals surface area (Å²) in [7, 11) is 1.71. The van der Waals surface area contributed by atoms with Crippen LogP contribution in [-0.4, -0.2) is 83.2 Å². The first-order chi connectivity index (χ1) is 18.2. The second-order valence-corrected chi connectivity index (χ2v) is 10.3. The molecule has 0 aromatic heterocycles. The van der Waals surface area contributed by atoms with E-state index in [1.54, 1.807) is 12.0 Å². The number of ether oxygens (including phenoxy) is 2. The van der Waals surface area contributed by atoms with Gasteiger partial charge in [-0.3, -0.25) is 19.4 Å². The highest BCUT2D eigenvalue weighted by Gasteiger charge is 2.51. The average molecular weight is 533 g/mol. The van der Waals surface area contributed by atoms with Crippen molar-refractivity contribution in [3.8, 4) is 11.5 Å². The molecular weight excluding hydrogens is 492 g/mol. The van der Waals surface area contributed by atoms with E-state index in [-0.39, 0.29) is 17.2 Å². The van der Waals surface area contributed by atoms with Crippen molar-refractivity contribution in [3.05, 3.63) is 23.8 Å². The zero-order valence-corrected chi connectivity index (χ0v) is 22.4. The Hall–Kier alpha value is -3.14. The summed E-state index contributed by atoms with van der Waals surface area (Å²) >= 11 is 0. The van der Waals surface area contributed by atoms with E-state index < -0.39 is 11.9 Å². The first-order valence-corrected chi connectivity index (χ1v) is 13.6. The number of hydrogen-bond acceptors (Lipinski definition) is 7. The largest absolute Gasteiger partial charge is 0.496 e. The number of likely N-dealkylation sites (tertiary alicyclic amines) is 1. The number of methoxy groups -OCH3 is 1. The smallest absolute Gasteiger partial charge is 0.414 e. The van der Waals surface area contributed by atoms with E-state index >= 15 is 0 Å². The molecule has 1 aliphatic carbocycles. The Kier molecular flexibility index (Phi) is 10.5. The van der Waals surface area contributed by atoms with Crippen LogP contribution in [0.5, 0.6) is 11.5 Å². The molecule has 1 saturated carbocycles.